The second kappa shape index (κ2) is 5.37. The van der Waals surface area contributed by atoms with Crippen LogP contribution in [0.1, 0.15) is 28.2 Å². The van der Waals surface area contributed by atoms with Crippen molar-refractivity contribution in [3.63, 3.8) is 0 Å². The number of rotatable bonds is 3. The van der Waals surface area contributed by atoms with Crippen LogP contribution in [0.2, 0.25) is 4.34 Å². The van der Waals surface area contributed by atoms with Crippen LogP contribution in [-0.4, -0.2) is 10.9 Å². The third kappa shape index (κ3) is 2.80. The van der Waals surface area contributed by atoms with Gasteiger partial charge in [-0.1, -0.05) is 11.6 Å². The summed E-state index contributed by atoms with van der Waals surface area (Å²) in [7, 11) is 0. The van der Waals surface area contributed by atoms with Gasteiger partial charge < -0.3 is 11.1 Å². The lowest BCUT2D eigenvalue weighted by molar-refractivity contribution is 0.0941. The van der Waals surface area contributed by atoms with E-state index in [1.807, 2.05) is 19.1 Å². The summed E-state index contributed by atoms with van der Waals surface area (Å²) in [6.45, 7) is 1.90. The van der Waals surface area contributed by atoms with Crippen LogP contribution >= 0.6 is 22.9 Å². The van der Waals surface area contributed by atoms with Crippen LogP contribution in [0, 0.1) is 0 Å². The van der Waals surface area contributed by atoms with Gasteiger partial charge in [0, 0.05) is 23.0 Å². The molecular weight excluding hydrogens is 270 g/mol. The second-order valence-corrected chi connectivity index (χ2v) is 5.55. The van der Waals surface area contributed by atoms with Crippen LogP contribution in [0.3, 0.4) is 0 Å². The number of nitrogens with one attached hydrogen (secondary N) is 1. The molecule has 1 amide bonds. The summed E-state index contributed by atoms with van der Waals surface area (Å²) in [6.07, 6.45) is 3.01. The smallest absolute Gasteiger partial charge is 0.255 e. The molecule has 1 unspecified atom stereocenters. The monoisotopic (exact) mass is 281 g/mol. The lowest BCUT2D eigenvalue weighted by Crippen LogP contribution is -2.27. The first-order valence-corrected chi connectivity index (χ1v) is 6.53. The Labute approximate surface area is 114 Å². The summed E-state index contributed by atoms with van der Waals surface area (Å²) in [5, 5.41) is 2.86. The molecule has 1 atom stereocenters. The van der Waals surface area contributed by atoms with Gasteiger partial charge in [-0.2, -0.15) is 0 Å². The summed E-state index contributed by atoms with van der Waals surface area (Å²) in [4.78, 5) is 16.9. The molecule has 0 saturated carbocycles. The molecular formula is C12H12ClN3OS. The molecule has 4 nitrogen and oxygen atoms in total. The van der Waals surface area contributed by atoms with Gasteiger partial charge in [-0.3, -0.25) is 9.78 Å². The van der Waals surface area contributed by atoms with Crippen molar-refractivity contribution in [1.29, 1.82) is 0 Å². The van der Waals surface area contributed by atoms with Crippen molar-refractivity contribution in [3.05, 3.63) is 45.4 Å². The fourth-order valence-electron chi connectivity index (χ4n) is 1.50. The molecule has 3 N–H and O–H groups in total. The maximum atomic E-state index is 12.0. The average Bonchev–Trinajstić information content (AvgIpc) is 2.76. The number of amides is 1. The zero-order chi connectivity index (χ0) is 13.1. The number of nitrogen functional groups attached to an aromatic ring is 1. The number of pyridine rings is 1. The molecule has 2 aromatic rings. The highest BCUT2D eigenvalue weighted by molar-refractivity contribution is 7.16. The molecule has 2 heterocycles. The number of nitrogens with two attached hydrogens (primary N) is 1. The van der Waals surface area contributed by atoms with Crippen LogP contribution in [0.25, 0.3) is 0 Å². The SMILES string of the molecule is CC(NC(=O)c1cnccc1N)c1ccc(Cl)s1. The van der Waals surface area contributed by atoms with Crippen molar-refractivity contribution < 1.29 is 4.79 Å². The Morgan fingerprint density at radius 3 is 2.89 bits per heavy atom. The Kier molecular flexibility index (Phi) is 3.84. The predicted molar refractivity (Wildman–Crippen MR) is 73.9 cm³/mol. The molecule has 0 aliphatic carbocycles. The molecule has 0 bridgehead atoms. The second-order valence-electron chi connectivity index (χ2n) is 3.80. The van der Waals surface area contributed by atoms with Gasteiger partial charge in [0.05, 0.1) is 15.9 Å². The van der Waals surface area contributed by atoms with E-state index >= 15 is 0 Å². The zero-order valence-corrected chi connectivity index (χ0v) is 11.3. The van der Waals surface area contributed by atoms with E-state index in [1.165, 1.54) is 17.5 Å². The van der Waals surface area contributed by atoms with Crippen molar-refractivity contribution in [2.45, 2.75) is 13.0 Å². The minimum absolute atomic E-state index is 0.116. The number of hydrogen-bond donors (Lipinski definition) is 2. The van der Waals surface area contributed by atoms with Crippen LogP contribution in [0.4, 0.5) is 5.69 Å². The van der Waals surface area contributed by atoms with Gasteiger partial charge in [0.1, 0.15) is 0 Å². The Hall–Kier alpha value is -1.59. The zero-order valence-electron chi connectivity index (χ0n) is 9.68. The first-order valence-electron chi connectivity index (χ1n) is 5.33. The largest absolute Gasteiger partial charge is 0.398 e. The molecule has 0 radical (unpaired) electrons. The van der Waals surface area contributed by atoms with E-state index in [9.17, 15) is 4.79 Å². The standard InChI is InChI=1S/C12H12ClN3OS/c1-7(10-2-3-11(13)18-10)16-12(17)8-6-15-5-4-9(8)14/h2-7H,1H3,(H2,14,15)(H,16,17). The topological polar surface area (TPSA) is 68.0 Å². The first-order chi connectivity index (χ1) is 8.58. The van der Waals surface area contributed by atoms with Crippen LogP contribution in [0.15, 0.2) is 30.6 Å². The van der Waals surface area contributed by atoms with Crippen molar-refractivity contribution in [1.82, 2.24) is 10.3 Å². The fraction of sp³-hybridized carbons (Fsp3) is 0.167. The van der Waals surface area contributed by atoms with Crippen molar-refractivity contribution in [2.75, 3.05) is 5.73 Å². The minimum Gasteiger partial charge on any atom is -0.398 e. The quantitative estimate of drug-likeness (QED) is 0.909. The summed E-state index contributed by atoms with van der Waals surface area (Å²) in [6, 6.07) is 5.18. The Morgan fingerprint density at radius 2 is 2.28 bits per heavy atom. The minimum atomic E-state index is -0.238. The number of carbonyl (C=O) groups is 1. The number of thiophene rings is 1. The number of anilines is 1. The van der Waals surface area contributed by atoms with E-state index in [1.54, 1.807) is 12.3 Å². The van der Waals surface area contributed by atoms with E-state index in [2.05, 4.69) is 10.3 Å². The maximum absolute atomic E-state index is 12.0. The summed E-state index contributed by atoms with van der Waals surface area (Å²) in [5.74, 6) is -0.238. The van der Waals surface area contributed by atoms with Gasteiger partial charge in [0.15, 0.2) is 0 Å². The highest BCUT2D eigenvalue weighted by Gasteiger charge is 2.15. The summed E-state index contributed by atoms with van der Waals surface area (Å²) in [5.41, 5.74) is 6.52. The molecule has 2 rings (SSSR count). The van der Waals surface area contributed by atoms with Gasteiger partial charge in [-0.05, 0) is 25.1 Å². The molecule has 0 aliphatic heterocycles. The normalized spacial score (nSPS) is 12.1. The number of hydrogen-bond acceptors (Lipinski definition) is 4. The molecule has 0 aliphatic rings. The van der Waals surface area contributed by atoms with Gasteiger partial charge >= 0.3 is 0 Å². The van der Waals surface area contributed by atoms with Gasteiger partial charge in [0.2, 0.25) is 0 Å². The Balaban J connectivity index is 2.10. The maximum Gasteiger partial charge on any atom is 0.255 e. The van der Waals surface area contributed by atoms with E-state index in [-0.39, 0.29) is 11.9 Å². The van der Waals surface area contributed by atoms with Crippen molar-refractivity contribution >= 4 is 34.5 Å². The van der Waals surface area contributed by atoms with E-state index in [0.717, 1.165) is 4.88 Å². The van der Waals surface area contributed by atoms with Crippen LogP contribution < -0.4 is 11.1 Å². The van der Waals surface area contributed by atoms with Gasteiger partial charge in [-0.15, -0.1) is 11.3 Å². The summed E-state index contributed by atoms with van der Waals surface area (Å²) < 4.78 is 0.701. The van der Waals surface area contributed by atoms with E-state index in [0.29, 0.717) is 15.6 Å². The predicted octanol–water partition coefficient (Wildman–Crippen LogP) is 2.87. The molecule has 6 heteroatoms. The average molecular weight is 282 g/mol. The molecule has 2 aromatic heterocycles. The number of aromatic nitrogens is 1. The van der Waals surface area contributed by atoms with Crippen molar-refractivity contribution in [2.24, 2.45) is 0 Å². The lowest BCUT2D eigenvalue weighted by Gasteiger charge is -2.12. The third-order valence-corrected chi connectivity index (χ3v) is 3.88. The Morgan fingerprint density at radius 1 is 1.50 bits per heavy atom. The van der Waals surface area contributed by atoms with Crippen LogP contribution in [-0.2, 0) is 0 Å². The van der Waals surface area contributed by atoms with Crippen molar-refractivity contribution in [3.8, 4) is 0 Å². The number of nitrogens with zero attached hydrogens (tertiary/aromatic N) is 1. The third-order valence-electron chi connectivity index (χ3n) is 2.47. The first kappa shape index (κ1) is 12.9. The molecule has 18 heavy (non-hydrogen) atoms. The Bertz CT molecular complexity index is 570. The molecule has 94 valence electrons. The van der Waals surface area contributed by atoms with Gasteiger partial charge in [-0.25, -0.2) is 0 Å². The van der Waals surface area contributed by atoms with E-state index < -0.39 is 0 Å². The fourth-order valence-corrected chi connectivity index (χ4v) is 2.56. The number of halogens is 1. The molecule has 0 fully saturated rings. The highest BCUT2D eigenvalue weighted by atomic mass is 35.5. The molecule has 0 saturated heterocycles. The molecule has 0 aromatic carbocycles. The highest BCUT2D eigenvalue weighted by Crippen LogP contribution is 2.26. The molecule has 0 spiro atoms. The lowest BCUT2D eigenvalue weighted by atomic mass is 10.2. The van der Waals surface area contributed by atoms with Crippen LogP contribution in [0.5, 0.6) is 0 Å². The van der Waals surface area contributed by atoms with E-state index in [4.69, 9.17) is 17.3 Å². The van der Waals surface area contributed by atoms with Gasteiger partial charge in [0.25, 0.3) is 5.91 Å². The summed E-state index contributed by atoms with van der Waals surface area (Å²) >= 11 is 7.30. The number of carbonyl (C=O) groups excluding carboxylic acids is 1.